The fraction of sp³-hybridized carbons (Fsp3) is 0.346. The Hall–Kier alpha value is -3.45. The molecule has 172 valence electrons. The lowest BCUT2D eigenvalue weighted by molar-refractivity contribution is -0.143. The summed E-state index contributed by atoms with van der Waals surface area (Å²) < 4.78 is 2.17. The molecule has 4 N–H and O–H groups in total. The number of aliphatic imine (C=N–C) groups is 1. The number of likely N-dealkylation sites (tertiary alicyclic amines) is 1. The third-order valence-corrected chi connectivity index (χ3v) is 6.53. The number of rotatable bonds is 6. The zero-order valence-electron chi connectivity index (χ0n) is 19.2. The number of amidine groups is 2. The Kier molecular flexibility index (Phi) is 6.60. The lowest BCUT2D eigenvalue weighted by atomic mass is 9.96. The molecule has 33 heavy (non-hydrogen) atoms. The van der Waals surface area contributed by atoms with Gasteiger partial charge in [0, 0.05) is 41.3 Å². The Morgan fingerprint density at radius 3 is 2.61 bits per heavy atom. The van der Waals surface area contributed by atoms with Crippen LogP contribution < -0.4 is 5.73 Å². The summed E-state index contributed by atoms with van der Waals surface area (Å²) >= 11 is 0. The summed E-state index contributed by atoms with van der Waals surface area (Å²) in [6.45, 7) is 7.39. The van der Waals surface area contributed by atoms with Gasteiger partial charge in [0.05, 0.1) is 5.92 Å². The molecule has 0 spiro atoms. The Morgan fingerprint density at radius 1 is 1.18 bits per heavy atom. The van der Waals surface area contributed by atoms with E-state index in [-0.39, 0.29) is 11.8 Å². The first-order chi connectivity index (χ1) is 15.9. The number of benzene rings is 2. The lowest BCUT2D eigenvalue weighted by Gasteiger charge is -2.30. The number of aliphatic carboxylic acids is 1. The highest BCUT2D eigenvalue weighted by Crippen LogP contribution is 2.21. The number of hydrogen-bond donors (Lipinski definition) is 3. The van der Waals surface area contributed by atoms with Crippen molar-refractivity contribution in [1.82, 2.24) is 9.47 Å². The molecule has 1 aromatic heterocycles. The summed E-state index contributed by atoms with van der Waals surface area (Å²) in [6.07, 6.45) is 3.45. The summed E-state index contributed by atoms with van der Waals surface area (Å²) in [4.78, 5) is 17.8. The van der Waals surface area contributed by atoms with Gasteiger partial charge in [0.2, 0.25) is 0 Å². The van der Waals surface area contributed by atoms with E-state index >= 15 is 0 Å². The third-order valence-electron chi connectivity index (χ3n) is 6.53. The van der Waals surface area contributed by atoms with Crippen LogP contribution in [0.3, 0.4) is 0 Å². The van der Waals surface area contributed by atoms with E-state index in [0.29, 0.717) is 18.7 Å². The number of nitrogens with two attached hydrogens (primary N) is 1. The summed E-state index contributed by atoms with van der Waals surface area (Å²) in [7, 11) is 0. The Labute approximate surface area is 194 Å². The van der Waals surface area contributed by atoms with Crippen LogP contribution in [0.25, 0.3) is 10.9 Å². The predicted molar refractivity (Wildman–Crippen MR) is 132 cm³/mol. The molecule has 0 bridgehead atoms. The van der Waals surface area contributed by atoms with Gasteiger partial charge in [-0.05, 0) is 75.2 Å². The minimum absolute atomic E-state index is 0.142. The van der Waals surface area contributed by atoms with Gasteiger partial charge in [-0.2, -0.15) is 0 Å². The van der Waals surface area contributed by atoms with Crippen molar-refractivity contribution in [3.63, 3.8) is 0 Å². The van der Waals surface area contributed by atoms with Gasteiger partial charge in [-0.3, -0.25) is 15.1 Å². The maximum absolute atomic E-state index is 11.1. The van der Waals surface area contributed by atoms with Crippen molar-refractivity contribution < 1.29 is 9.90 Å². The Balaban J connectivity index is 1.45. The SMILES string of the molecule is CCn1ccc2cc(C(=N)N=C(N)c3ccc(CN4CCC(C(=O)O)CC4)cc3C)ccc21. The van der Waals surface area contributed by atoms with E-state index in [2.05, 4.69) is 39.7 Å². The smallest absolute Gasteiger partial charge is 0.306 e. The Bertz CT molecular complexity index is 1220. The maximum atomic E-state index is 11.1. The summed E-state index contributed by atoms with van der Waals surface area (Å²) in [5, 5.41) is 18.7. The van der Waals surface area contributed by atoms with Crippen molar-refractivity contribution in [3.05, 3.63) is 70.9 Å². The molecule has 0 amide bonds. The summed E-state index contributed by atoms with van der Waals surface area (Å²) in [5.41, 5.74) is 11.2. The van der Waals surface area contributed by atoms with Gasteiger partial charge in [-0.1, -0.05) is 18.2 Å². The molecule has 1 aliphatic rings. The normalized spacial score (nSPS) is 15.8. The molecule has 1 saturated heterocycles. The minimum Gasteiger partial charge on any atom is -0.481 e. The van der Waals surface area contributed by atoms with Crippen LogP contribution in [0.15, 0.2) is 53.7 Å². The number of carboxylic acid groups (broad SMARTS) is 1. The average Bonchev–Trinajstić information content (AvgIpc) is 3.21. The molecular weight excluding hydrogens is 414 g/mol. The molecule has 0 atom stereocenters. The molecule has 2 aromatic carbocycles. The summed E-state index contributed by atoms with van der Waals surface area (Å²) in [6, 6.07) is 14.1. The van der Waals surface area contributed by atoms with Crippen LogP contribution in [0.2, 0.25) is 0 Å². The van der Waals surface area contributed by atoms with Gasteiger partial charge in [0.25, 0.3) is 0 Å². The average molecular weight is 446 g/mol. The van der Waals surface area contributed by atoms with Crippen LogP contribution in [0.5, 0.6) is 0 Å². The van der Waals surface area contributed by atoms with Gasteiger partial charge in [-0.25, -0.2) is 4.99 Å². The Morgan fingerprint density at radius 2 is 1.94 bits per heavy atom. The van der Waals surface area contributed by atoms with Crippen LogP contribution in [0, 0.1) is 18.3 Å². The molecule has 0 unspecified atom stereocenters. The van der Waals surface area contributed by atoms with Crippen molar-refractivity contribution in [2.45, 2.75) is 39.8 Å². The highest BCUT2D eigenvalue weighted by Gasteiger charge is 2.24. The van der Waals surface area contributed by atoms with Gasteiger partial charge in [0.1, 0.15) is 5.84 Å². The van der Waals surface area contributed by atoms with Crippen molar-refractivity contribution >= 4 is 28.5 Å². The quantitative estimate of drug-likeness (QED) is 0.394. The molecule has 0 saturated carbocycles. The van der Waals surface area contributed by atoms with E-state index in [1.165, 1.54) is 5.56 Å². The topological polar surface area (TPSA) is 108 Å². The van der Waals surface area contributed by atoms with Crippen molar-refractivity contribution in [2.75, 3.05) is 13.1 Å². The first-order valence-corrected chi connectivity index (χ1v) is 11.4. The summed E-state index contributed by atoms with van der Waals surface area (Å²) in [5.74, 6) is -0.431. The monoisotopic (exact) mass is 445 g/mol. The number of piperidine rings is 1. The first-order valence-electron chi connectivity index (χ1n) is 11.4. The second kappa shape index (κ2) is 9.58. The zero-order chi connectivity index (χ0) is 23.5. The van der Waals surface area contributed by atoms with E-state index in [1.807, 2.05) is 37.3 Å². The number of carbonyl (C=O) groups is 1. The number of nitrogens with one attached hydrogen (secondary N) is 1. The van der Waals surface area contributed by atoms with Crippen LogP contribution >= 0.6 is 0 Å². The highest BCUT2D eigenvalue weighted by atomic mass is 16.4. The largest absolute Gasteiger partial charge is 0.481 e. The number of hydrogen-bond acceptors (Lipinski definition) is 3. The van der Waals surface area contributed by atoms with Crippen molar-refractivity contribution in [3.8, 4) is 0 Å². The van der Waals surface area contributed by atoms with E-state index in [1.54, 1.807) is 0 Å². The molecule has 7 heteroatoms. The number of fused-ring (bicyclic) bond motifs is 1. The second-order valence-electron chi connectivity index (χ2n) is 8.76. The number of aromatic nitrogens is 1. The number of nitrogens with zero attached hydrogens (tertiary/aromatic N) is 3. The number of carboxylic acids is 1. The highest BCUT2D eigenvalue weighted by molar-refractivity contribution is 6.11. The molecule has 7 nitrogen and oxygen atoms in total. The molecule has 0 radical (unpaired) electrons. The van der Waals surface area contributed by atoms with Gasteiger partial charge in [-0.15, -0.1) is 0 Å². The van der Waals surface area contributed by atoms with Gasteiger partial charge < -0.3 is 15.4 Å². The van der Waals surface area contributed by atoms with Crippen molar-refractivity contribution in [2.24, 2.45) is 16.6 Å². The molecule has 1 aliphatic heterocycles. The lowest BCUT2D eigenvalue weighted by Crippen LogP contribution is -2.35. The molecule has 3 aromatic rings. The van der Waals surface area contributed by atoms with Gasteiger partial charge in [0.15, 0.2) is 5.84 Å². The van der Waals surface area contributed by atoms with Crippen molar-refractivity contribution in [1.29, 1.82) is 5.41 Å². The zero-order valence-corrected chi connectivity index (χ0v) is 19.2. The van der Waals surface area contributed by atoms with E-state index in [9.17, 15) is 4.79 Å². The molecular formula is C26H31N5O2. The fourth-order valence-corrected chi connectivity index (χ4v) is 4.58. The maximum Gasteiger partial charge on any atom is 0.306 e. The standard InChI is InChI=1S/C26H31N5O2/c1-3-31-13-10-20-15-21(5-7-23(20)31)24(27)29-25(28)22-6-4-18(14-17(22)2)16-30-11-8-19(9-12-30)26(32)33/h4-7,10,13-15,19H,3,8-9,11-12,16H2,1-2H3,(H,32,33)(H3,27,28,29). The van der Waals surface area contributed by atoms with Crippen LogP contribution in [0.1, 0.15) is 42.0 Å². The molecule has 2 heterocycles. The molecule has 0 aliphatic carbocycles. The fourth-order valence-electron chi connectivity index (χ4n) is 4.58. The van der Waals surface area contributed by atoms with E-state index < -0.39 is 5.97 Å². The molecule has 1 fully saturated rings. The first kappa shape index (κ1) is 22.7. The molecule has 4 rings (SSSR count). The van der Waals surface area contributed by atoms with Crippen LogP contribution in [0.4, 0.5) is 0 Å². The van der Waals surface area contributed by atoms with Gasteiger partial charge >= 0.3 is 5.97 Å². The van der Waals surface area contributed by atoms with Crippen LogP contribution in [-0.2, 0) is 17.9 Å². The van der Waals surface area contributed by atoms with Crippen LogP contribution in [-0.4, -0.2) is 45.3 Å². The predicted octanol–water partition coefficient (Wildman–Crippen LogP) is 4.00. The van der Waals surface area contributed by atoms with E-state index in [4.69, 9.17) is 16.2 Å². The second-order valence-corrected chi connectivity index (χ2v) is 8.76. The third kappa shape index (κ3) is 4.98. The minimum atomic E-state index is -0.686. The van der Waals surface area contributed by atoms with E-state index in [0.717, 1.165) is 53.8 Å². The number of aryl methyl sites for hydroxylation is 2.